The summed E-state index contributed by atoms with van der Waals surface area (Å²) in [5.74, 6) is -1.26. The molecule has 7 rings (SSSR count). The number of nitrogens with one attached hydrogen (secondary N) is 1. The van der Waals surface area contributed by atoms with Crippen molar-refractivity contribution in [1.82, 2.24) is 10.5 Å². The molecule has 0 amide bonds. The van der Waals surface area contributed by atoms with E-state index in [1.54, 1.807) is 19.3 Å². The Kier molecular flexibility index (Phi) is 9.93. The number of ketones is 2. The van der Waals surface area contributed by atoms with E-state index in [0.29, 0.717) is 47.8 Å². The Morgan fingerprint density at radius 1 is 0.963 bits per heavy atom. The van der Waals surface area contributed by atoms with E-state index < -0.39 is 43.4 Å². The topological polar surface area (TPSA) is 129 Å². The number of hydrogen-bond donors (Lipinski definition) is 2. The second kappa shape index (κ2) is 14.4. The molecule has 4 aromatic rings. The van der Waals surface area contributed by atoms with E-state index in [-0.39, 0.29) is 41.0 Å². The molecule has 1 heterocycles. The molecule has 2 N–H and O–H groups in total. The Labute approximate surface area is 317 Å². The van der Waals surface area contributed by atoms with E-state index >= 15 is 9.59 Å². The van der Waals surface area contributed by atoms with Crippen molar-refractivity contribution in [2.45, 2.75) is 76.6 Å². The lowest BCUT2D eigenvalue weighted by Crippen LogP contribution is -2.65. The number of aliphatic hydroxyl groups excluding tert-OH is 1. The van der Waals surface area contributed by atoms with Gasteiger partial charge in [0.15, 0.2) is 25.5 Å². The van der Waals surface area contributed by atoms with Gasteiger partial charge >= 0.3 is 0 Å². The van der Waals surface area contributed by atoms with Crippen LogP contribution in [0.4, 0.5) is 0 Å². The van der Waals surface area contributed by atoms with Gasteiger partial charge in [-0.2, -0.15) is 0 Å². The van der Waals surface area contributed by atoms with Crippen LogP contribution in [0, 0.1) is 11.8 Å². The van der Waals surface area contributed by atoms with E-state index in [2.05, 4.69) is 37.8 Å². The zero-order chi connectivity index (χ0) is 38.4. The van der Waals surface area contributed by atoms with Crippen LogP contribution in [-0.4, -0.2) is 49.4 Å². The standard InChI is InChI=1S/C43H48N2O8Si/c1-8-21-44-36-30-23-28-22-29-31(49-5)19-20-32(50-24-26-15-11-9-12-16-26)34(29)37(46)33(28)39(47)43(30,53-54(6,7)42(2,3)4)40(48)35-38(36)52-45-41(35)51-25-27-17-13-10-14-18-27/h8-20,28,30,36,44,47H,1,21-25H2,2-7H3/t28-,30-,36-,43?/m0/s1. The Bertz CT molecular complexity index is 2100. The van der Waals surface area contributed by atoms with Gasteiger partial charge in [-0.05, 0) is 65.3 Å². The van der Waals surface area contributed by atoms with Crippen molar-refractivity contribution in [2.24, 2.45) is 11.8 Å². The van der Waals surface area contributed by atoms with E-state index in [0.717, 1.165) is 11.1 Å². The second-order valence-corrected chi connectivity index (χ2v) is 20.6. The first-order chi connectivity index (χ1) is 25.8. The molecule has 1 unspecified atom stereocenters. The smallest absolute Gasteiger partial charge is 0.265 e. The summed E-state index contributed by atoms with van der Waals surface area (Å²) in [6, 6.07) is 22.1. The predicted molar refractivity (Wildman–Crippen MR) is 207 cm³/mol. The van der Waals surface area contributed by atoms with Gasteiger partial charge in [0.2, 0.25) is 5.78 Å². The van der Waals surface area contributed by atoms with Crippen LogP contribution in [0.5, 0.6) is 17.4 Å². The monoisotopic (exact) mass is 748 g/mol. The number of Topliss-reactive ketones (excluding diaryl/α,β-unsaturated/α-hetero) is 2. The number of aromatic nitrogens is 1. The molecule has 0 fully saturated rings. The van der Waals surface area contributed by atoms with E-state index in [1.807, 2.05) is 79.8 Å². The highest BCUT2D eigenvalue weighted by Crippen LogP contribution is 2.59. The van der Waals surface area contributed by atoms with Crippen LogP contribution in [0.25, 0.3) is 0 Å². The van der Waals surface area contributed by atoms with Gasteiger partial charge in [0.25, 0.3) is 5.88 Å². The number of ether oxygens (including phenoxy) is 3. The molecule has 3 aliphatic carbocycles. The molecule has 10 nitrogen and oxygen atoms in total. The summed E-state index contributed by atoms with van der Waals surface area (Å²) in [6.45, 7) is 15.0. The van der Waals surface area contributed by atoms with Gasteiger partial charge in [0.1, 0.15) is 36.0 Å². The third kappa shape index (κ3) is 6.27. The minimum Gasteiger partial charge on any atom is -0.508 e. The van der Waals surface area contributed by atoms with Crippen molar-refractivity contribution < 1.29 is 37.9 Å². The lowest BCUT2D eigenvalue weighted by molar-refractivity contribution is -0.0319. The van der Waals surface area contributed by atoms with Crippen molar-refractivity contribution in [3.05, 3.63) is 130 Å². The lowest BCUT2D eigenvalue weighted by atomic mass is 9.58. The number of carbonyl (C=O) groups is 2. The van der Waals surface area contributed by atoms with Crippen LogP contribution in [0.1, 0.15) is 76.4 Å². The molecular weight excluding hydrogens is 701 g/mol. The van der Waals surface area contributed by atoms with Crippen molar-refractivity contribution in [3.8, 4) is 17.4 Å². The summed E-state index contributed by atoms with van der Waals surface area (Å²) in [5.41, 5.74) is 1.11. The fourth-order valence-corrected chi connectivity index (χ4v) is 9.30. The zero-order valence-corrected chi connectivity index (χ0v) is 32.7. The Morgan fingerprint density at radius 2 is 1.59 bits per heavy atom. The highest BCUT2D eigenvalue weighted by Gasteiger charge is 2.67. The molecule has 1 aromatic heterocycles. The van der Waals surface area contributed by atoms with Gasteiger partial charge in [0.05, 0.1) is 18.7 Å². The summed E-state index contributed by atoms with van der Waals surface area (Å²) in [4.78, 5) is 30.5. The maximum atomic E-state index is 15.5. The average Bonchev–Trinajstić information content (AvgIpc) is 3.58. The quantitative estimate of drug-likeness (QED) is 0.108. The minimum absolute atomic E-state index is 0.00230. The molecular formula is C43H48N2O8Si. The summed E-state index contributed by atoms with van der Waals surface area (Å²) in [6.07, 6.45) is 2.41. The molecule has 0 bridgehead atoms. The van der Waals surface area contributed by atoms with Crippen LogP contribution in [0.15, 0.2) is 101 Å². The largest absolute Gasteiger partial charge is 0.508 e. The Balaban J connectivity index is 1.41. The minimum atomic E-state index is -2.88. The van der Waals surface area contributed by atoms with Gasteiger partial charge < -0.3 is 33.6 Å². The molecule has 0 aliphatic heterocycles. The third-order valence-electron chi connectivity index (χ3n) is 11.5. The summed E-state index contributed by atoms with van der Waals surface area (Å²) >= 11 is 0. The summed E-state index contributed by atoms with van der Waals surface area (Å²) in [7, 11) is -1.31. The van der Waals surface area contributed by atoms with Gasteiger partial charge in [0, 0.05) is 23.6 Å². The Hall–Kier alpha value is -4.97. The summed E-state index contributed by atoms with van der Waals surface area (Å²) < 4.78 is 31.5. The predicted octanol–water partition coefficient (Wildman–Crippen LogP) is 8.50. The normalized spacial score (nSPS) is 22.1. The highest BCUT2D eigenvalue weighted by atomic mass is 28.4. The maximum absolute atomic E-state index is 15.5. The van der Waals surface area contributed by atoms with Gasteiger partial charge in [-0.25, -0.2) is 0 Å². The van der Waals surface area contributed by atoms with Crippen molar-refractivity contribution in [3.63, 3.8) is 0 Å². The molecule has 54 heavy (non-hydrogen) atoms. The Morgan fingerprint density at radius 3 is 2.20 bits per heavy atom. The number of aliphatic hydroxyl groups is 1. The zero-order valence-electron chi connectivity index (χ0n) is 31.7. The van der Waals surface area contributed by atoms with Crippen molar-refractivity contribution >= 4 is 19.9 Å². The fourth-order valence-electron chi connectivity index (χ4n) is 7.84. The molecule has 0 saturated heterocycles. The number of methoxy groups -OCH3 is 1. The second-order valence-electron chi connectivity index (χ2n) is 15.8. The number of allylic oxidation sites excluding steroid dienone is 1. The first kappa shape index (κ1) is 37.3. The van der Waals surface area contributed by atoms with E-state index in [9.17, 15) is 5.11 Å². The molecule has 282 valence electrons. The van der Waals surface area contributed by atoms with E-state index in [4.69, 9.17) is 23.2 Å². The molecule has 11 heteroatoms. The molecule has 0 radical (unpaired) electrons. The number of carbonyl (C=O) groups excluding carboxylic acids is 2. The third-order valence-corrected chi connectivity index (χ3v) is 16.0. The SMILES string of the molecule is C=CCN[C@@H]1c2onc(OCc3ccccc3)c2C(=O)C2(O[Si](C)(C)C(C)(C)C)C(O)=C3C(=O)c4c(OCc5ccccc5)ccc(OC)c4C[C@H]3C[C@@H]12. The number of nitrogens with zero attached hydrogens (tertiary/aromatic N) is 1. The van der Waals surface area contributed by atoms with Crippen molar-refractivity contribution in [1.29, 1.82) is 0 Å². The number of rotatable bonds is 12. The molecule has 0 spiro atoms. The fraction of sp³-hybridized carbons (Fsp3) is 0.372. The maximum Gasteiger partial charge on any atom is 0.265 e. The van der Waals surface area contributed by atoms with Crippen LogP contribution < -0.4 is 19.5 Å². The van der Waals surface area contributed by atoms with Crippen LogP contribution in [0.3, 0.4) is 0 Å². The van der Waals surface area contributed by atoms with Crippen LogP contribution in [0.2, 0.25) is 18.1 Å². The molecule has 4 atom stereocenters. The van der Waals surface area contributed by atoms with Gasteiger partial charge in [-0.3, -0.25) is 9.59 Å². The first-order valence-electron chi connectivity index (χ1n) is 18.4. The number of fused-ring (bicyclic) bond motifs is 4. The molecule has 0 saturated carbocycles. The average molecular weight is 749 g/mol. The lowest BCUT2D eigenvalue weighted by Gasteiger charge is -2.54. The van der Waals surface area contributed by atoms with Crippen LogP contribution in [-0.2, 0) is 24.1 Å². The van der Waals surface area contributed by atoms with Crippen LogP contribution >= 0.6 is 0 Å². The van der Waals surface area contributed by atoms with Crippen molar-refractivity contribution in [2.75, 3.05) is 13.7 Å². The number of benzene rings is 3. The first-order valence-corrected chi connectivity index (χ1v) is 21.3. The van der Waals surface area contributed by atoms with Gasteiger partial charge in [-0.1, -0.05) is 87.5 Å². The molecule has 3 aromatic carbocycles. The van der Waals surface area contributed by atoms with Gasteiger partial charge in [-0.15, -0.1) is 6.58 Å². The summed E-state index contributed by atoms with van der Waals surface area (Å²) in [5, 5.41) is 20.3. The highest BCUT2D eigenvalue weighted by molar-refractivity contribution is 6.74. The molecule has 3 aliphatic rings. The number of hydrogen-bond acceptors (Lipinski definition) is 10. The van der Waals surface area contributed by atoms with E-state index in [1.165, 1.54) is 0 Å².